The molecule has 0 saturated carbocycles. The van der Waals surface area contributed by atoms with Crippen LogP contribution in [0.25, 0.3) is 0 Å². The van der Waals surface area contributed by atoms with Crippen LogP contribution in [0.15, 0.2) is 12.2 Å². The van der Waals surface area contributed by atoms with Gasteiger partial charge in [-0.2, -0.15) is 0 Å². The zero-order valence-corrected chi connectivity index (χ0v) is 51.1. The Bertz CT molecular complexity index is 1170. The highest BCUT2D eigenvalue weighted by atomic mass is 16.6. The van der Waals surface area contributed by atoms with Crippen LogP contribution in [0.4, 0.5) is 0 Å². The second-order valence-electron chi connectivity index (χ2n) is 23.5. The average molecular weight is 1060 g/mol. The van der Waals surface area contributed by atoms with E-state index in [0.717, 1.165) is 64.2 Å². The molecule has 0 saturated heterocycles. The first-order valence-electron chi connectivity index (χ1n) is 34.2. The summed E-state index contributed by atoms with van der Waals surface area (Å²) in [5.74, 6) is -0.857. The molecule has 0 spiro atoms. The van der Waals surface area contributed by atoms with E-state index in [9.17, 15) is 14.4 Å². The lowest BCUT2D eigenvalue weighted by Gasteiger charge is -2.18. The summed E-state index contributed by atoms with van der Waals surface area (Å²) in [6.07, 6.45) is 77.1. The largest absolute Gasteiger partial charge is 0.462 e. The predicted octanol–water partition coefficient (Wildman–Crippen LogP) is 23.2. The average Bonchev–Trinajstić information content (AvgIpc) is 3.41. The number of rotatable bonds is 64. The molecule has 0 aromatic carbocycles. The van der Waals surface area contributed by atoms with Crippen LogP contribution in [0.5, 0.6) is 0 Å². The molecule has 0 bridgehead atoms. The minimum Gasteiger partial charge on any atom is -0.462 e. The molecule has 0 aliphatic heterocycles. The predicted molar refractivity (Wildman–Crippen MR) is 326 cm³/mol. The van der Waals surface area contributed by atoms with Crippen molar-refractivity contribution in [3.05, 3.63) is 12.2 Å². The summed E-state index contributed by atoms with van der Waals surface area (Å²) in [6.45, 7) is 6.66. The van der Waals surface area contributed by atoms with Gasteiger partial charge in [-0.1, -0.05) is 341 Å². The molecular formula is C69H132O6. The number of allylic oxidation sites excluding steroid dienone is 2. The summed E-state index contributed by atoms with van der Waals surface area (Å²) in [7, 11) is 0. The van der Waals surface area contributed by atoms with Crippen LogP contribution in [0.1, 0.15) is 393 Å². The molecule has 0 rings (SSSR count). The van der Waals surface area contributed by atoms with E-state index < -0.39 is 6.10 Å². The maximum atomic E-state index is 12.8. The first-order valence-corrected chi connectivity index (χ1v) is 34.2. The molecule has 0 aromatic heterocycles. The molecule has 0 fully saturated rings. The molecule has 444 valence electrons. The second kappa shape index (κ2) is 64.7. The molecule has 1 unspecified atom stereocenters. The van der Waals surface area contributed by atoms with Gasteiger partial charge in [-0.15, -0.1) is 0 Å². The topological polar surface area (TPSA) is 78.9 Å². The van der Waals surface area contributed by atoms with Crippen LogP contribution in [0.2, 0.25) is 0 Å². The molecule has 0 N–H and O–H groups in total. The molecule has 1 atom stereocenters. The van der Waals surface area contributed by atoms with Crippen molar-refractivity contribution < 1.29 is 28.6 Å². The number of carbonyl (C=O) groups is 3. The van der Waals surface area contributed by atoms with Gasteiger partial charge in [0, 0.05) is 19.3 Å². The Labute approximate surface area is 469 Å². The highest BCUT2D eigenvalue weighted by Crippen LogP contribution is 2.19. The van der Waals surface area contributed by atoms with E-state index in [1.54, 1.807) is 0 Å². The Morgan fingerprint density at radius 2 is 0.440 bits per heavy atom. The van der Waals surface area contributed by atoms with Crippen molar-refractivity contribution >= 4 is 17.9 Å². The molecular weight excluding hydrogens is 925 g/mol. The molecule has 6 nitrogen and oxygen atoms in total. The van der Waals surface area contributed by atoms with Gasteiger partial charge >= 0.3 is 17.9 Å². The van der Waals surface area contributed by atoms with Crippen molar-refractivity contribution in [1.29, 1.82) is 0 Å². The zero-order valence-electron chi connectivity index (χ0n) is 51.1. The second-order valence-corrected chi connectivity index (χ2v) is 23.5. The van der Waals surface area contributed by atoms with E-state index in [1.807, 2.05) is 0 Å². The van der Waals surface area contributed by atoms with E-state index in [4.69, 9.17) is 14.2 Å². The molecule has 0 aliphatic carbocycles. The summed E-state index contributed by atoms with van der Waals surface area (Å²) in [4.78, 5) is 38.1. The third-order valence-electron chi connectivity index (χ3n) is 15.8. The summed E-state index contributed by atoms with van der Waals surface area (Å²) in [5, 5.41) is 0. The molecule has 0 aliphatic rings. The number of esters is 3. The molecule has 6 heteroatoms. The molecule has 0 heterocycles. The number of carbonyl (C=O) groups excluding carboxylic acids is 3. The third-order valence-corrected chi connectivity index (χ3v) is 15.8. The molecule has 0 radical (unpaired) electrons. The Morgan fingerprint density at radius 1 is 0.253 bits per heavy atom. The third kappa shape index (κ3) is 62.9. The first kappa shape index (κ1) is 73.2. The molecule has 75 heavy (non-hydrogen) atoms. The fourth-order valence-electron chi connectivity index (χ4n) is 10.6. The van der Waals surface area contributed by atoms with Crippen LogP contribution in [-0.2, 0) is 28.6 Å². The normalized spacial score (nSPS) is 12.0. The lowest BCUT2D eigenvalue weighted by atomic mass is 10.0. The highest BCUT2D eigenvalue weighted by molar-refractivity contribution is 5.71. The number of hydrogen-bond donors (Lipinski definition) is 0. The SMILES string of the molecule is CCCCCCC/C=C\CCCCCCCC(=O)OC(COC(=O)CCCCCCCCCC)COC(=O)CCCCCCCCCCCCCCCCCCCCCCCCCCCCCCCCCCCCC. The van der Waals surface area contributed by atoms with Gasteiger partial charge < -0.3 is 14.2 Å². The van der Waals surface area contributed by atoms with Gasteiger partial charge in [-0.25, -0.2) is 0 Å². The van der Waals surface area contributed by atoms with Gasteiger partial charge in [0.25, 0.3) is 0 Å². The van der Waals surface area contributed by atoms with E-state index in [0.29, 0.717) is 19.3 Å². The van der Waals surface area contributed by atoms with Crippen LogP contribution in [0, 0.1) is 0 Å². The van der Waals surface area contributed by atoms with Crippen molar-refractivity contribution in [2.45, 2.75) is 399 Å². The van der Waals surface area contributed by atoms with Crippen LogP contribution in [0.3, 0.4) is 0 Å². The monoisotopic (exact) mass is 1060 g/mol. The van der Waals surface area contributed by atoms with E-state index in [2.05, 4.69) is 32.9 Å². The number of unbranched alkanes of at least 4 members (excludes halogenated alkanes) is 51. The van der Waals surface area contributed by atoms with Crippen LogP contribution < -0.4 is 0 Å². The summed E-state index contributed by atoms with van der Waals surface area (Å²) >= 11 is 0. The number of ether oxygens (including phenoxy) is 3. The minimum atomic E-state index is -0.768. The van der Waals surface area contributed by atoms with Crippen molar-refractivity contribution in [1.82, 2.24) is 0 Å². The van der Waals surface area contributed by atoms with Crippen molar-refractivity contribution in [3.63, 3.8) is 0 Å². The molecule has 0 amide bonds. The van der Waals surface area contributed by atoms with Gasteiger partial charge in [-0.3, -0.25) is 14.4 Å². The Hall–Kier alpha value is -1.85. The maximum absolute atomic E-state index is 12.8. The van der Waals surface area contributed by atoms with Crippen molar-refractivity contribution in [2.75, 3.05) is 13.2 Å². The summed E-state index contributed by atoms with van der Waals surface area (Å²) in [5.41, 5.74) is 0. The fraction of sp³-hybridized carbons (Fsp3) is 0.928. The highest BCUT2D eigenvalue weighted by Gasteiger charge is 2.19. The van der Waals surface area contributed by atoms with E-state index in [1.165, 1.54) is 289 Å². The van der Waals surface area contributed by atoms with E-state index in [-0.39, 0.29) is 31.1 Å². The van der Waals surface area contributed by atoms with Crippen LogP contribution >= 0.6 is 0 Å². The Kier molecular flexibility index (Phi) is 63.1. The van der Waals surface area contributed by atoms with Crippen molar-refractivity contribution in [2.24, 2.45) is 0 Å². The van der Waals surface area contributed by atoms with E-state index >= 15 is 0 Å². The summed E-state index contributed by atoms with van der Waals surface area (Å²) in [6, 6.07) is 0. The Balaban J connectivity index is 3.89. The van der Waals surface area contributed by atoms with Gasteiger partial charge in [0.15, 0.2) is 6.10 Å². The summed E-state index contributed by atoms with van der Waals surface area (Å²) < 4.78 is 16.8. The van der Waals surface area contributed by atoms with Gasteiger partial charge in [0.05, 0.1) is 0 Å². The standard InChI is InChI=1S/C69H132O6/c1-4-7-10-13-16-19-21-23-25-26-27-28-29-30-31-32-33-34-35-36-37-38-39-40-41-42-43-44-45-47-48-50-53-56-59-62-68(71)74-65-66(64-73-67(70)61-58-55-52-18-15-12-9-6-3)75-69(72)63-60-57-54-51-49-46-24-22-20-17-14-11-8-5-2/h22,24,66H,4-21,23,25-65H2,1-3H3/b24-22-. The smallest absolute Gasteiger partial charge is 0.306 e. The lowest BCUT2D eigenvalue weighted by Crippen LogP contribution is -2.30. The fourth-order valence-corrected chi connectivity index (χ4v) is 10.6. The lowest BCUT2D eigenvalue weighted by molar-refractivity contribution is -0.167. The van der Waals surface area contributed by atoms with Crippen molar-refractivity contribution in [3.8, 4) is 0 Å². The van der Waals surface area contributed by atoms with Gasteiger partial charge in [0.2, 0.25) is 0 Å². The minimum absolute atomic E-state index is 0.0679. The number of hydrogen-bond acceptors (Lipinski definition) is 6. The first-order chi connectivity index (χ1) is 37.0. The molecule has 0 aromatic rings. The Morgan fingerprint density at radius 3 is 0.667 bits per heavy atom. The van der Waals surface area contributed by atoms with Gasteiger partial charge in [-0.05, 0) is 44.9 Å². The zero-order chi connectivity index (χ0) is 54.3. The quantitative estimate of drug-likeness (QED) is 0.0261. The maximum Gasteiger partial charge on any atom is 0.306 e. The van der Waals surface area contributed by atoms with Gasteiger partial charge in [0.1, 0.15) is 13.2 Å². The van der Waals surface area contributed by atoms with Crippen LogP contribution in [-0.4, -0.2) is 37.2 Å².